The monoisotopic (exact) mass is 752 g/mol. The summed E-state index contributed by atoms with van der Waals surface area (Å²) in [5.41, 5.74) is 18.0. The highest BCUT2D eigenvalue weighted by molar-refractivity contribution is 6.38. The van der Waals surface area contributed by atoms with Crippen LogP contribution in [0.3, 0.4) is 0 Å². The molecular formula is C46H48N4O6. The number of rotatable bonds is 9. The number of amides is 4. The number of imide groups is 2. The van der Waals surface area contributed by atoms with E-state index in [1.54, 1.807) is 48.5 Å². The Bertz CT molecular complexity index is 2410. The molecule has 0 saturated heterocycles. The number of nitrogen functional groups attached to an aromatic ring is 2. The zero-order chi connectivity index (χ0) is 40.2. The summed E-state index contributed by atoms with van der Waals surface area (Å²) in [4.78, 5) is 55.6. The van der Waals surface area contributed by atoms with Gasteiger partial charge in [-0.3, -0.25) is 29.8 Å². The highest BCUT2D eigenvalue weighted by Crippen LogP contribution is 2.56. The molecular weight excluding hydrogens is 705 g/mol. The van der Waals surface area contributed by atoms with Gasteiger partial charge in [0.15, 0.2) is 0 Å². The molecule has 4 amide bonds. The molecule has 3 atom stereocenters. The van der Waals surface area contributed by atoms with E-state index in [-0.39, 0.29) is 23.0 Å². The first-order valence-electron chi connectivity index (χ1n) is 19.1. The van der Waals surface area contributed by atoms with Gasteiger partial charge in [-0.2, -0.15) is 0 Å². The third-order valence-electron chi connectivity index (χ3n) is 12.0. The Kier molecular flexibility index (Phi) is 9.86. The molecule has 4 aromatic carbocycles. The second-order valence-corrected chi connectivity index (χ2v) is 16.1. The molecule has 3 unspecified atom stereocenters. The molecule has 288 valence electrons. The minimum atomic E-state index is -0.977. The molecule has 6 N–H and O–H groups in total. The minimum Gasteiger partial charge on any atom is -0.457 e. The van der Waals surface area contributed by atoms with Gasteiger partial charge in [0.1, 0.15) is 23.0 Å². The van der Waals surface area contributed by atoms with Crippen molar-refractivity contribution in [2.45, 2.75) is 67.7 Å². The van der Waals surface area contributed by atoms with Gasteiger partial charge >= 0.3 is 0 Å². The lowest BCUT2D eigenvalue weighted by Gasteiger charge is -2.46. The van der Waals surface area contributed by atoms with Crippen LogP contribution in [-0.2, 0) is 19.2 Å². The van der Waals surface area contributed by atoms with Crippen molar-refractivity contribution in [3.8, 4) is 23.0 Å². The van der Waals surface area contributed by atoms with Gasteiger partial charge in [-0.15, -0.1) is 0 Å². The number of hydrogen-bond acceptors (Lipinski definition) is 8. The fourth-order valence-corrected chi connectivity index (χ4v) is 8.56. The van der Waals surface area contributed by atoms with E-state index >= 15 is 0 Å². The Morgan fingerprint density at radius 1 is 0.643 bits per heavy atom. The van der Waals surface area contributed by atoms with Crippen molar-refractivity contribution in [2.24, 2.45) is 23.2 Å². The molecule has 0 spiro atoms. The number of aryl methyl sites for hydroxylation is 4. The average Bonchev–Trinajstić information content (AvgIpc) is 3.62. The van der Waals surface area contributed by atoms with E-state index in [9.17, 15) is 19.2 Å². The Morgan fingerprint density at radius 2 is 1.14 bits per heavy atom. The molecule has 1 aliphatic carbocycles. The molecule has 3 aliphatic rings. The fraction of sp³-hybridized carbons (Fsp3) is 0.304. The SMILES string of the molecule is Cc1cc(Oc2ccc(C3=C(C4CC(C(C)C)CCC4(C)C4=C(c5ccc(Oc6ccc(N)c(C)c6)c(C)c5)C(=O)NC4=O)C(=O)NC3=O)cc2C)ccc1N. The fourth-order valence-electron chi connectivity index (χ4n) is 8.56. The van der Waals surface area contributed by atoms with Crippen LogP contribution in [0.15, 0.2) is 83.9 Å². The number of carbonyl (C=O) groups is 4. The van der Waals surface area contributed by atoms with Crippen molar-refractivity contribution in [2.75, 3.05) is 11.5 Å². The third-order valence-corrected chi connectivity index (χ3v) is 12.0. The van der Waals surface area contributed by atoms with Crippen LogP contribution < -0.4 is 31.6 Å². The van der Waals surface area contributed by atoms with Gasteiger partial charge in [-0.1, -0.05) is 32.9 Å². The number of benzene rings is 4. The Morgan fingerprint density at radius 3 is 1.64 bits per heavy atom. The second-order valence-electron chi connectivity index (χ2n) is 16.1. The van der Waals surface area contributed by atoms with Crippen LogP contribution in [0.5, 0.6) is 23.0 Å². The topological polar surface area (TPSA) is 163 Å². The van der Waals surface area contributed by atoms with Crippen molar-refractivity contribution >= 4 is 46.1 Å². The number of ether oxygens (including phenoxy) is 2. The maximum absolute atomic E-state index is 14.0. The smallest absolute Gasteiger partial charge is 0.259 e. The van der Waals surface area contributed by atoms with Crippen LogP contribution in [0.1, 0.15) is 73.4 Å². The Labute approximate surface area is 327 Å². The first-order valence-corrected chi connectivity index (χ1v) is 19.1. The van der Waals surface area contributed by atoms with Crippen LogP contribution >= 0.6 is 0 Å². The maximum Gasteiger partial charge on any atom is 0.259 e. The van der Waals surface area contributed by atoms with Gasteiger partial charge < -0.3 is 20.9 Å². The largest absolute Gasteiger partial charge is 0.457 e. The van der Waals surface area contributed by atoms with Gasteiger partial charge in [-0.25, -0.2) is 0 Å². The molecule has 10 nitrogen and oxygen atoms in total. The van der Waals surface area contributed by atoms with Gasteiger partial charge in [0, 0.05) is 33.9 Å². The van der Waals surface area contributed by atoms with E-state index in [1.165, 1.54) is 0 Å². The zero-order valence-electron chi connectivity index (χ0n) is 32.9. The van der Waals surface area contributed by atoms with E-state index in [0.29, 0.717) is 69.5 Å². The highest BCUT2D eigenvalue weighted by atomic mass is 16.5. The molecule has 1 saturated carbocycles. The number of carbonyl (C=O) groups excluding carboxylic acids is 4. The van der Waals surface area contributed by atoms with Crippen molar-refractivity contribution in [1.29, 1.82) is 0 Å². The van der Waals surface area contributed by atoms with E-state index < -0.39 is 35.0 Å². The lowest BCUT2D eigenvalue weighted by molar-refractivity contribution is -0.126. The van der Waals surface area contributed by atoms with E-state index in [2.05, 4.69) is 24.5 Å². The molecule has 10 heteroatoms. The summed E-state index contributed by atoms with van der Waals surface area (Å²) in [6.07, 6.45) is 1.86. The molecule has 56 heavy (non-hydrogen) atoms. The minimum absolute atomic E-state index is 0.214. The van der Waals surface area contributed by atoms with Gasteiger partial charge in [0.2, 0.25) is 0 Å². The lowest BCUT2D eigenvalue weighted by atomic mass is 9.56. The molecule has 4 aromatic rings. The Hall–Kier alpha value is -6.16. The van der Waals surface area contributed by atoms with Crippen molar-refractivity contribution in [1.82, 2.24) is 10.6 Å². The zero-order valence-corrected chi connectivity index (χ0v) is 32.9. The lowest BCUT2D eigenvalue weighted by Crippen LogP contribution is -2.42. The Balaban J connectivity index is 1.32. The maximum atomic E-state index is 14.0. The van der Waals surface area contributed by atoms with Crippen LogP contribution in [0, 0.1) is 50.9 Å². The van der Waals surface area contributed by atoms with Crippen LogP contribution in [0.25, 0.3) is 11.1 Å². The predicted octanol–water partition coefficient (Wildman–Crippen LogP) is 8.27. The summed E-state index contributed by atoms with van der Waals surface area (Å²) < 4.78 is 12.4. The first kappa shape index (κ1) is 38.1. The number of anilines is 2. The van der Waals surface area contributed by atoms with E-state index in [0.717, 1.165) is 28.7 Å². The average molecular weight is 753 g/mol. The third kappa shape index (κ3) is 6.84. The number of nitrogens with two attached hydrogens (primary N) is 2. The van der Waals surface area contributed by atoms with Gasteiger partial charge in [0.25, 0.3) is 23.6 Å². The summed E-state index contributed by atoms with van der Waals surface area (Å²) in [6, 6.07) is 21.8. The standard InChI is InChI=1S/C46H48N4O6/c1-23(2)28-16-17-46(7,41-39(43(52)50-45(41)54)30-9-15-37(27(6)19-30)56-32-11-13-35(48)25(4)21-32)33(22-28)40-38(42(51)49-44(40)53)29-8-14-36(26(5)18-29)55-31-10-12-34(47)24(3)20-31/h8-15,18-21,23,28,33H,16-17,22,47-48H2,1-7H3,(H,49,51,53)(H,50,52,54). The van der Waals surface area contributed by atoms with Crippen molar-refractivity contribution in [3.05, 3.63) is 117 Å². The first-order chi connectivity index (χ1) is 26.5. The van der Waals surface area contributed by atoms with Gasteiger partial charge in [0.05, 0.1) is 11.1 Å². The summed E-state index contributed by atoms with van der Waals surface area (Å²) >= 11 is 0. The summed E-state index contributed by atoms with van der Waals surface area (Å²) in [7, 11) is 0. The molecule has 0 radical (unpaired) electrons. The molecule has 7 rings (SSSR count). The number of hydrogen-bond donors (Lipinski definition) is 4. The van der Waals surface area contributed by atoms with Gasteiger partial charge in [-0.05, 0) is 153 Å². The molecule has 0 bridgehead atoms. The predicted molar refractivity (Wildman–Crippen MR) is 218 cm³/mol. The molecule has 0 aromatic heterocycles. The van der Waals surface area contributed by atoms with E-state index in [1.807, 2.05) is 58.9 Å². The summed E-state index contributed by atoms with van der Waals surface area (Å²) in [6.45, 7) is 13.9. The van der Waals surface area contributed by atoms with Crippen molar-refractivity contribution in [3.63, 3.8) is 0 Å². The summed E-state index contributed by atoms with van der Waals surface area (Å²) in [5, 5.41) is 5.15. The molecule has 2 aliphatic heterocycles. The van der Waals surface area contributed by atoms with Crippen molar-refractivity contribution < 1.29 is 28.7 Å². The highest BCUT2D eigenvalue weighted by Gasteiger charge is 2.54. The van der Waals surface area contributed by atoms with Crippen LogP contribution in [-0.4, -0.2) is 23.6 Å². The quantitative estimate of drug-likeness (QED) is 0.0981. The van der Waals surface area contributed by atoms with Crippen LogP contribution in [0.4, 0.5) is 11.4 Å². The van der Waals surface area contributed by atoms with Crippen LogP contribution in [0.2, 0.25) is 0 Å². The second kappa shape index (κ2) is 14.5. The summed E-state index contributed by atoms with van der Waals surface area (Å²) in [5.74, 6) is 0.422. The molecule has 2 heterocycles. The number of nitrogens with one attached hydrogen (secondary N) is 2. The van der Waals surface area contributed by atoms with E-state index in [4.69, 9.17) is 20.9 Å². The normalized spacial score (nSPS) is 21.2. The molecule has 1 fully saturated rings.